The van der Waals surface area contributed by atoms with E-state index in [0.717, 1.165) is 5.56 Å². The van der Waals surface area contributed by atoms with Gasteiger partial charge in [-0.25, -0.2) is 15.0 Å². The van der Waals surface area contributed by atoms with Crippen LogP contribution in [0.25, 0.3) is 0 Å². The van der Waals surface area contributed by atoms with Crippen molar-refractivity contribution in [2.45, 2.75) is 45.9 Å². The third kappa shape index (κ3) is 11.5. The number of alkyl carbamates (subject to hydrolysis) is 1. The zero-order valence-electron chi connectivity index (χ0n) is 21.0. The molecule has 0 aliphatic rings. The molecule has 0 radical (unpaired) electrons. The first kappa shape index (κ1) is 28.3. The first-order chi connectivity index (χ1) is 17.2. The molecule has 0 aromatic heterocycles. The number of nitrogens with zero attached hydrogens (tertiary/aromatic N) is 1. The fourth-order valence-corrected chi connectivity index (χ4v) is 2.74. The first-order valence-electron chi connectivity index (χ1n) is 11.5. The number of hydrazone groups is 1. The second-order valence-electron chi connectivity index (χ2n) is 8.60. The number of nitrogens with one attached hydrogen (secondary N) is 2. The topological polar surface area (TPSA) is 125 Å². The van der Waals surface area contributed by atoms with E-state index in [0.29, 0.717) is 11.3 Å². The molecule has 0 saturated carbocycles. The number of esters is 1. The third-order valence-electron chi connectivity index (χ3n) is 4.33. The van der Waals surface area contributed by atoms with Gasteiger partial charge in [0.05, 0.1) is 26.0 Å². The van der Waals surface area contributed by atoms with Crippen molar-refractivity contribution in [2.24, 2.45) is 5.10 Å². The van der Waals surface area contributed by atoms with E-state index in [2.05, 4.69) is 15.8 Å². The van der Waals surface area contributed by atoms with Crippen molar-refractivity contribution < 1.29 is 33.3 Å². The number of hydrogen-bond donors (Lipinski definition) is 2. The Morgan fingerprint density at radius 2 is 1.72 bits per heavy atom. The normalized spacial score (nSPS) is 12.0. The van der Waals surface area contributed by atoms with Gasteiger partial charge in [0.2, 0.25) is 0 Å². The predicted octanol–water partition coefficient (Wildman–Crippen LogP) is 3.19. The highest BCUT2D eigenvalue weighted by atomic mass is 16.6. The van der Waals surface area contributed by atoms with E-state index in [9.17, 15) is 14.4 Å². The van der Waals surface area contributed by atoms with Crippen LogP contribution in [0.5, 0.6) is 5.75 Å². The molecule has 0 saturated heterocycles. The van der Waals surface area contributed by atoms with E-state index in [4.69, 9.17) is 18.9 Å². The predicted molar refractivity (Wildman–Crippen MR) is 134 cm³/mol. The van der Waals surface area contributed by atoms with Crippen LogP contribution < -0.4 is 15.5 Å². The molecule has 0 fully saturated rings. The van der Waals surface area contributed by atoms with Crippen molar-refractivity contribution in [3.05, 3.63) is 65.7 Å². The number of carbonyl (C=O) groups is 3. The zero-order chi connectivity index (χ0) is 26.4. The van der Waals surface area contributed by atoms with Crippen molar-refractivity contribution in [2.75, 3.05) is 19.8 Å². The number of amides is 2. The summed E-state index contributed by atoms with van der Waals surface area (Å²) < 4.78 is 21.0. The van der Waals surface area contributed by atoms with Crippen molar-refractivity contribution in [1.82, 2.24) is 10.7 Å². The molecule has 0 bridgehead atoms. The second kappa shape index (κ2) is 14.5. The molecular weight excluding hydrogens is 466 g/mol. The van der Waals surface area contributed by atoms with Gasteiger partial charge < -0.3 is 24.3 Å². The van der Waals surface area contributed by atoms with E-state index in [-0.39, 0.29) is 26.4 Å². The van der Waals surface area contributed by atoms with Crippen LogP contribution in [0.2, 0.25) is 0 Å². The summed E-state index contributed by atoms with van der Waals surface area (Å²) in [6.45, 7) is 7.20. The van der Waals surface area contributed by atoms with Gasteiger partial charge in [0.1, 0.15) is 17.4 Å². The Morgan fingerprint density at radius 3 is 2.36 bits per heavy atom. The minimum atomic E-state index is -1.03. The molecule has 2 amide bonds. The summed E-state index contributed by atoms with van der Waals surface area (Å²) >= 11 is 0. The standard InChI is InChI=1S/C26H33N3O7/c1-5-34-23(30)18-35-21-13-11-19(12-14-21)15-27-29-24(31)22(28-25(32)36-26(2,3)4)17-33-16-20-9-7-6-8-10-20/h6-15,22H,5,16-18H2,1-4H3,(H,28,32)(H,29,31)/b27-15-/t22-/m0/s1. The summed E-state index contributed by atoms with van der Waals surface area (Å²) in [4.78, 5) is 36.3. The minimum Gasteiger partial charge on any atom is -0.482 e. The molecule has 0 unspecified atom stereocenters. The Balaban J connectivity index is 1.92. The fraction of sp³-hybridized carbons (Fsp3) is 0.385. The fourth-order valence-electron chi connectivity index (χ4n) is 2.74. The van der Waals surface area contributed by atoms with Crippen molar-refractivity contribution in [3.8, 4) is 5.75 Å². The van der Waals surface area contributed by atoms with E-state index in [1.807, 2.05) is 30.3 Å². The molecule has 10 nitrogen and oxygen atoms in total. The van der Waals surface area contributed by atoms with Crippen LogP contribution >= 0.6 is 0 Å². The van der Waals surface area contributed by atoms with E-state index < -0.39 is 29.6 Å². The lowest BCUT2D eigenvalue weighted by molar-refractivity contribution is -0.145. The maximum Gasteiger partial charge on any atom is 0.408 e. The van der Waals surface area contributed by atoms with Crippen LogP contribution in [0, 0.1) is 0 Å². The van der Waals surface area contributed by atoms with Gasteiger partial charge in [-0.1, -0.05) is 30.3 Å². The number of carbonyl (C=O) groups excluding carboxylic acids is 3. The Labute approximate surface area is 211 Å². The molecule has 0 aliphatic heterocycles. The lowest BCUT2D eigenvalue weighted by Crippen LogP contribution is -2.49. The molecule has 194 valence electrons. The van der Waals surface area contributed by atoms with Gasteiger partial charge in [0, 0.05) is 0 Å². The van der Waals surface area contributed by atoms with Crippen LogP contribution in [0.3, 0.4) is 0 Å². The Morgan fingerprint density at radius 1 is 1.03 bits per heavy atom. The quantitative estimate of drug-likeness (QED) is 0.261. The van der Waals surface area contributed by atoms with Gasteiger partial charge in [-0.3, -0.25) is 4.79 Å². The summed E-state index contributed by atoms with van der Waals surface area (Å²) in [6.07, 6.45) is 0.691. The third-order valence-corrected chi connectivity index (χ3v) is 4.33. The Bertz CT molecular complexity index is 1000. The first-order valence-corrected chi connectivity index (χ1v) is 11.5. The van der Waals surface area contributed by atoms with Crippen LogP contribution in [0.1, 0.15) is 38.8 Å². The summed E-state index contributed by atoms with van der Waals surface area (Å²) in [5, 5.41) is 6.47. The SMILES string of the molecule is CCOC(=O)COc1ccc(/C=N\NC(=O)[C@H](COCc2ccccc2)NC(=O)OC(C)(C)C)cc1. The highest BCUT2D eigenvalue weighted by Gasteiger charge is 2.24. The number of hydrogen-bond acceptors (Lipinski definition) is 8. The molecular formula is C26H33N3O7. The molecule has 0 heterocycles. The van der Waals surface area contributed by atoms with E-state index in [1.54, 1.807) is 52.0 Å². The average molecular weight is 500 g/mol. The van der Waals surface area contributed by atoms with Crippen molar-refractivity contribution in [3.63, 3.8) is 0 Å². The average Bonchev–Trinajstić information content (AvgIpc) is 2.82. The molecule has 2 rings (SSSR count). The van der Waals surface area contributed by atoms with Crippen molar-refractivity contribution >= 4 is 24.2 Å². The van der Waals surface area contributed by atoms with Gasteiger partial charge in [0.25, 0.3) is 5.91 Å². The molecule has 2 aromatic carbocycles. The van der Waals surface area contributed by atoms with Gasteiger partial charge in [-0.15, -0.1) is 0 Å². The van der Waals surface area contributed by atoms with Gasteiger partial charge >= 0.3 is 12.1 Å². The van der Waals surface area contributed by atoms with Gasteiger partial charge in [-0.05, 0) is 63.1 Å². The summed E-state index contributed by atoms with van der Waals surface area (Å²) in [5.74, 6) is -0.533. The number of ether oxygens (including phenoxy) is 4. The Kier molecular flexibility index (Phi) is 11.4. The molecule has 10 heteroatoms. The molecule has 36 heavy (non-hydrogen) atoms. The number of rotatable bonds is 12. The lowest BCUT2D eigenvalue weighted by atomic mass is 10.2. The molecule has 0 spiro atoms. The lowest BCUT2D eigenvalue weighted by Gasteiger charge is -2.22. The molecule has 2 N–H and O–H groups in total. The maximum absolute atomic E-state index is 12.7. The van der Waals surface area contributed by atoms with E-state index >= 15 is 0 Å². The minimum absolute atomic E-state index is 0.0814. The van der Waals surface area contributed by atoms with E-state index in [1.165, 1.54) is 6.21 Å². The summed E-state index contributed by atoms with van der Waals surface area (Å²) in [7, 11) is 0. The zero-order valence-corrected chi connectivity index (χ0v) is 21.0. The van der Waals surface area contributed by atoms with Crippen LogP contribution in [0.15, 0.2) is 59.7 Å². The van der Waals surface area contributed by atoms with Crippen LogP contribution in [-0.4, -0.2) is 55.6 Å². The van der Waals surface area contributed by atoms with Crippen molar-refractivity contribution in [1.29, 1.82) is 0 Å². The van der Waals surface area contributed by atoms with Gasteiger partial charge in [-0.2, -0.15) is 5.10 Å². The molecule has 2 aromatic rings. The largest absolute Gasteiger partial charge is 0.482 e. The maximum atomic E-state index is 12.7. The molecule has 0 aliphatic carbocycles. The summed E-state index contributed by atoms with van der Waals surface area (Å²) in [5.41, 5.74) is 3.29. The summed E-state index contributed by atoms with van der Waals surface area (Å²) in [6, 6.07) is 15.2. The van der Waals surface area contributed by atoms with Gasteiger partial charge in [0.15, 0.2) is 6.61 Å². The second-order valence-corrected chi connectivity index (χ2v) is 8.60. The smallest absolute Gasteiger partial charge is 0.408 e. The molecule has 1 atom stereocenters. The highest BCUT2D eigenvalue weighted by Crippen LogP contribution is 2.11. The highest BCUT2D eigenvalue weighted by molar-refractivity contribution is 5.87. The monoisotopic (exact) mass is 499 g/mol. The van der Waals surface area contributed by atoms with Crippen LogP contribution in [-0.2, 0) is 30.4 Å². The Hall–Kier alpha value is -3.92. The van der Waals surface area contributed by atoms with Crippen LogP contribution in [0.4, 0.5) is 4.79 Å². The number of benzene rings is 2.